The lowest BCUT2D eigenvalue weighted by molar-refractivity contribution is -0.117. The lowest BCUT2D eigenvalue weighted by Gasteiger charge is -2.22. The minimum absolute atomic E-state index is 0.0658. The summed E-state index contributed by atoms with van der Waals surface area (Å²) in [6, 6.07) is 4.49. The Morgan fingerprint density at radius 3 is 2.86 bits per heavy atom. The summed E-state index contributed by atoms with van der Waals surface area (Å²) in [6.07, 6.45) is 4.51. The van der Waals surface area contributed by atoms with Gasteiger partial charge in [0.1, 0.15) is 11.3 Å². The van der Waals surface area contributed by atoms with Gasteiger partial charge in [0.2, 0.25) is 5.91 Å². The maximum Gasteiger partial charge on any atom is 0.339 e. The Bertz CT molecular complexity index is 537. The molecule has 1 amide bonds. The Morgan fingerprint density at radius 2 is 2.23 bits per heavy atom. The van der Waals surface area contributed by atoms with Crippen LogP contribution in [0.5, 0.6) is 5.75 Å². The molecule has 6 heteroatoms. The fraction of sp³-hybridized carbons (Fsp3) is 0.500. The van der Waals surface area contributed by atoms with Crippen molar-refractivity contribution in [2.24, 2.45) is 0 Å². The fourth-order valence-corrected chi connectivity index (χ4v) is 2.50. The molecule has 0 spiro atoms. The molecule has 1 unspecified atom stereocenters. The summed E-state index contributed by atoms with van der Waals surface area (Å²) in [5.74, 6) is -0.954. The van der Waals surface area contributed by atoms with E-state index < -0.39 is 5.97 Å². The Morgan fingerprint density at radius 1 is 1.41 bits per heavy atom. The standard InChI is InChI=1S/C16H21NO5/c1-21-14-10-11(5-7-13(14)16(19)20)17-15(18)8-6-12-4-2-3-9-22-12/h5,7,10,12H,2-4,6,8-9H2,1H3,(H,17,18)(H,19,20). The van der Waals surface area contributed by atoms with E-state index in [9.17, 15) is 9.59 Å². The van der Waals surface area contributed by atoms with E-state index in [1.165, 1.54) is 19.2 Å². The number of hydrogen-bond acceptors (Lipinski definition) is 4. The van der Waals surface area contributed by atoms with Gasteiger partial charge in [-0.05, 0) is 37.8 Å². The van der Waals surface area contributed by atoms with Gasteiger partial charge in [0.05, 0.1) is 13.2 Å². The second-order valence-electron chi connectivity index (χ2n) is 5.30. The molecule has 120 valence electrons. The summed E-state index contributed by atoms with van der Waals surface area (Å²) >= 11 is 0. The van der Waals surface area contributed by atoms with Gasteiger partial charge in [-0.2, -0.15) is 0 Å². The van der Waals surface area contributed by atoms with Crippen molar-refractivity contribution in [3.63, 3.8) is 0 Å². The molecule has 1 aromatic carbocycles. The number of amides is 1. The van der Waals surface area contributed by atoms with Crippen molar-refractivity contribution in [2.75, 3.05) is 19.0 Å². The van der Waals surface area contributed by atoms with Gasteiger partial charge in [-0.25, -0.2) is 4.79 Å². The third-order valence-corrected chi connectivity index (χ3v) is 3.68. The molecule has 2 N–H and O–H groups in total. The van der Waals surface area contributed by atoms with Crippen molar-refractivity contribution in [1.82, 2.24) is 0 Å². The van der Waals surface area contributed by atoms with Gasteiger partial charge in [0.25, 0.3) is 0 Å². The first-order chi connectivity index (χ1) is 10.6. The number of rotatable bonds is 6. The molecule has 1 aliphatic rings. The van der Waals surface area contributed by atoms with Crippen LogP contribution in [0.1, 0.15) is 42.5 Å². The largest absolute Gasteiger partial charge is 0.496 e. The molecule has 0 aliphatic carbocycles. The summed E-state index contributed by atoms with van der Waals surface area (Å²) in [4.78, 5) is 23.0. The number of benzene rings is 1. The van der Waals surface area contributed by atoms with Crippen LogP contribution >= 0.6 is 0 Å². The number of carboxylic acids is 1. The molecule has 22 heavy (non-hydrogen) atoms. The predicted molar refractivity (Wildman–Crippen MR) is 81.4 cm³/mol. The SMILES string of the molecule is COc1cc(NC(=O)CCC2CCCCO2)ccc1C(=O)O. The summed E-state index contributed by atoms with van der Waals surface area (Å²) in [5, 5.41) is 11.8. The van der Waals surface area contributed by atoms with E-state index in [0.717, 1.165) is 25.9 Å². The quantitative estimate of drug-likeness (QED) is 0.844. The molecular formula is C16H21NO5. The smallest absolute Gasteiger partial charge is 0.339 e. The van der Waals surface area contributed by atoms with Crippen molar-refractivity contribution < 1.29 is 24.2 Å². The molecule has 2 rings (SSSR count). The topological polar surface area (TPSA) is 84.9 Å². The third kappa shape index (κ3) is 4.46. The highest BCUT2D eigenvalue weighted by Gasteiger charge is 2.16. The fourth-order valence-electron chi connectivity index (χ4n) is 2.50. The Labute approximate surface area is 129 Å². The molecular weight excluding hydrogens is 286 g/mol. The van der Waals surface area contributed by atoms with Crippen LogP contribution in [0.4, 0.5) is 5.69 Å². The second-order valence-corrected chi connectivity index (χ2v) is 5.30. The molecule has 1 aliphatic heterocycles. The molecule has 1 aromatic rings. The van der Waals surface area contributed by atoms with Gasteiger partial charge in [-0.1, -0.05) is 0 Å². The average molecular weight is 307 g/mol. The van der Waals surface area contributed by atoms with Crippen LogP contribution < -0.4 is 10.1 Å². The monoisotopic (exact) mass is 307 g/mol. The molecule has 1 saturated heterocycles. The van der Waals surface area contributed by atoms with Crippen molar-refractivity contribution in [3.05, 3.63) is 23.8 Å². The zero-order valence-electron chi connectivity index (χ0n) is 12.6. The normalized spacial score (nSPS) is 17.8. The second kappa shape index (κ2) is 7.79. The van der Waals surface area contributed by atoms with E-state index in [1.807, 2.05) is 0 Å². The molecule has 0 radical (unpaired) electrons. The van der Waals surface area contributed by atoms with Gasteiger partial charge in [-0.15, -0.1) is 0 Å². The first-order valence-corrected chi connectivity index (χ1v) is 7.43. The van der Waals surface area contributed by atoms with Gasteiger partial charge >= 0.3 is 5.97 Å². The predicted octanol–water partition coefficient (Wildman–Crippen LogP) is 2.68. The molecule has 1 atom stereocenters. The van der Waals surface area contributed by atoms with E-state index >= 15 is 0 Å². The number of anilines is 1. The lowest BCUT2D eigenvalue weighted by atomic mass is 10.0. The first kappa shape index (κ1) is 16.3. The van der Waals surface area contributed by atoms with Gasteiger partial charge in [0, 0.05) is 24.8 Å². The van der Waals surface area contributed by atoms with Crippen LogP contribution in [0.25, 0.3) is 0 Å². The molecule has 0 aromatic heterocycles. The molecule has 0 bridgehead atoms. The van der Waals surface area contributed by atoms with Crippen LogP contribution in [0, 0.1) is 0 Å². The Balaban J connectivity index is 1.89. The zero-order valence-corrected chi connectivity index (χ0v) is 12.6. The molecule has 6 nitrogen and oxygen atoms in total. The number of hydrogen-bond donors (Lipinski definition) is 2. The zero-order chi connectivity index (χ0) is 15.9. The Hall–Kier alpha value is -2.08. The van der Waals surface area contributed by atoms with Gasteiger partial charge in [0.15, 0.2) is 0 Å². The van der Waals surface area contributed by atoms with E-state index in [2.05, 4.69) is 5.32 Å². The van der Waals surface area contributed by atoms with Crippen LogP contribution in [0.3, 0.4) is 0 Å². The molecule has 1 fully saturated rings. The van der Waals surface area contributed by atoms with E-state index in [-0.39, 0.29) is 23.3 Å². The average Bonchev–Trinajstić information content (AvgIpc) is 2.53. The van der Waals surface area contributed by atoms with E-state index in [4.69, 9.17) is 14.6 Å². The minimum Gasteiger partial charge on any atom is -0.496 e. The van der Waals surface area contributed by atoms with Gasteiger partial charge < -0.3 is 19.9 Å². The molecule has 1 heterocycles. The minimum atomic E-state index is -1.07. The van der Waals surface area contributed by atoms with Crippen LogP contribution in [0.15, 0.2) is 18.2 Å². The number of carbonyl (C=O) groups is 2. The first-order valence-electron chi connectivity index (χ1n) is 7.43. The number of aromatic carboxylic acids is 1. The van der Waals surface area contributed by atoms with Crippen LogP contribution in [-0.2, 0) is 9.53 Å². The number of carboxylic acid groups (broad SMARTS) is 1. The van der Waals surface area contributed by atoms with E-state index in [1.54, 1.807) is 6.07 Å². The van der Waals surface area contributed by atoms with E-state index in [0.29, 0.717) is 18.5 Å². The number of carbonyl (C=O) groups excluding carboxylic acids is 1. The number of nitrogens with one attached hydrogen (secondary N) is 1. The lowest BCUT2D eigenvalue weighted by Crippen LogP contribution is -2.21. The third-order valence-electron chi connectivity index (χ3n) is 3.68. The van der Waals surface area contributed by atoms with Crippen molar-refractivity contribution in [3.8, 4) is 5.75 Å². The van der Waals surface area contributed by atoms with Crippen molar-refractivity contribution in [1.29, 1.82) is 0 Å². The Kier molecular flexibility index (Phi) is 5.77. The van der Waals surface area contributed by atoms with Crippen molar-refractivity contribution >= 4 is 17.6 Å². The van der Waals surface area contributed by atoms with Crippen LogP contribution in [0.2, 0.25) is 0 Å². The summed E-state index contributed by atoms with van der Waals surface area (Å²) in [6.45, 7) is 0.778. The van der Waals surface area contributed by atoms with Crippen LogP contribution in [-0.4, -0.2) is 36.8 Å². The highest BCUT2D eigenvalue weighted by molar-refractivity contribution is 5.94. The highest BCUT2D eigenvalue weighted by atomic mass is 16.5. The highest BCUT2D eigenvalue weighted by Crippen LogP contribution is 2.23. The molecule has 0 saturated carbocycles. The maximum absolute atomic E-state index is 11.9. The number of ether oxygens (including phenoxy) is 2. The number of methoxy groups -OCH3 is 1. The van der Waals surface area contributed by atoms with Crippen molar-refractivity contribution in [2.45, 2.75) is 38.2 Å². The summed E-state index contributed by atoms with van der Waals surface area (Å²) in [7, 11) is 1.40. The summed E-state index contributed by atoms with van der Waals surface area (Å²) < 4.78 is 10.6. The maximum atomic E-state index is 11.9. The van der Waals surface area contributed by atoms with Gasteiger partial charge in [-0.3, -0.25) is 4.79 Å². The summed E-state index contributed by atoms with van der Waals surface area (Å²) in [5.41, 5.74) is 0.590.